The lowest BCUT2D eigenvalue weighted by Gasteiger charge is -2.42. The molecule has 0 aromatic heterocycles. The number of nitrogens with two attached hydrogens (primary N) is 1. The zero-order valence-corrected chi connectivity index (χ0v) is 8.25. The summed E-state index contributed by atoms with van der Waals surface area (Å²) in [6.45, 7) is 4.45. The van der Waals surface area contributed by atoms with E-state index in [0.29, 0.717) is 13.0 Å². The van der Waals surface area contributed by atoms with Gasteiger partial charge in [-0.15, -0.1) is 0 Å². The van der Waals surface area contributed by atoms with Gasteiger partial charge in [0.1, 0.15) is 0 Å². The van der Waals surface area contributed by atoms with E-state index in [1.807, 2.05) is 13.8 Å². The topological polar surface area (TPSA) is 64.3 Å². The Hall–Kier alpha value is -0.610. The first kappa shape index (κ1) is 10.5. The molecule has 3 unspecified atom stereocenters. The predicted octanol–water partition coefficient (Wildman–Crippen LogP) is 0.0173. The molecule has 0 aromatic rings. The van der Waals surface area contributed by atoms with E-state index < -0.39 is 0 Å². The molecule has 1 aliphatic rings. The van der Waals surface area contributed by atoms with E-state index >= 15 is 0 Å². The fourth-order valence-electron chi connectivity index (χ4n) is 1.52. The van der Waals surface area contributed by atoms with Crippen LogP contribution in [0.25, 0.3) is 0 Å². The van der Waals surface area contributed by atoms with Crippen LogP contribution in [0.4, 0.5) is 0 Å². The average molecular weight is 186 g/mol. The third-order valence-electron chi connectivity index (χ3n) is 2.40. The lowest BCUT2D eigenvalue weighted by Crippen LogP contribution is -2.64. The summed E-state index contributed by atoms with van der Waals surface area (Å²) >= 11 is 0. The Morgan fingerprint density at radius 3 is 2.77 bits per heavy atom. The number of hydrogen-bond acceptors (Lipinski definition) is 3. The number of hydrogen-bond donors (Lipinski definition) is 2. The van der Waals surface area contributed by atoms with Gasteiger partial charge in [0.05, 0.1) is 12.1 Å². The van der Waals surface area contributed by atoms with Crippen molar-refractivity contribution in [1.29, 1.82) is 0 Å². The molecule has 0 aromatic carbocycles. The number of amides is 1. The minimum atomic E-state index is 0.0207. The maximum atomic E-state index is 11.1. The molecule has 1 rings (SSSR count). The highest BCUT2D eigenvalue weighted by atomic mass is 16.5. The van der Waals surface area contributed by atoms with E-state index in [-0.39, 0.29) is 24.1 Å². The van der Waals surface area contributed by atoms with Gasteiger partial charge < -0.3 is 15.8 Å². The molecule has 1 saturated carbocycles. The van der Waals surface area contributed by atoms with Crippen molar-refractivity contribution in [1.82, 2.24) is 5.32 Å². The van der Waals surface area contributed by atoms with E-state index in [0.717, 1.165) is 6.42 Å². The first-order valence-corrected chi connectivity index (χ1v) is 4.85. The second-order valence-electron chi connectivity index (χ2n) is 3.34. The Kier molecular flexibility index (Phi) is 3.69. The Balaban J connectivity index is 2.33. The molecule has 13 heavy (non-hydrogen) atoms. The number of carbonyl (C=O) groups excluding carboxylic acids is 1. The summed E-state index contributed by atoms with van der Waals surface area (Å²) < 4.78 is 5.41. The number of carbonyl (C=O) groups is 1. The van der Waals surface area contributed by atoms with Gasteiger partial charge in [-0.05, 0) is 13.3 Å². The van der Waals surface area contributed by atoms with Gasteiger partial charge in [0.15, 0.2) is 0 Å². The van der Waals surface area contributed by atoms with E-state index in [2.05, 4.69) is 5.32 Å². The SMILES string of the molecule is CCOC1CC(N)C1NC(=O)CC. The fraction of sp³-hybridized carbons (Fsp3) is 0.889. The van der Waals surface area contributed by atoms with E-state index in [1.54, 1.807) is 0 Å². The molecule has 0 heterocycles. The molecule has 1 aliphatic carbocycles. The van der Waals surface area contributed by atoms with Gasteiger partial charge >= 0.3 is 0 Å². The maximum Gasteiger partial charge on any atom is 0.220 e. The van der Waals surface area contributed by atoms with Crippen molar-refractivity contribution in [2.75, 3.05) is 6.61 Å². The van der Waals surface area contributed by atoms with E-state index in [4.69, 9.17) is 10.5 Å². The van der Waals surface area contributed by atoms with Gasteiger partial charge in [0, 0.05) is 19.1 Å². The van der Waals surface area contributed by atoms with Crippen LogP contribution in [0.1, 0.15) is 26.7 Å². The second kappa shape index (κ2) is 4.58. The first-order valence-electron chi connectivity index (χ1n) is 4.85. The molecular weight excluding hydrogens is 168 g/mol. The van der Waals surface area contributed by atoms with Crippen molar-refractivity contribution in [3.63, 3.8) is 0 Å². The van der Waals surface area contributed by atoms with Gasteiger partial charge in [0.2, 0.25) is 5.91 Å². The molecule has 0 saturated heterocycles. The van der Waals surface area contributed by atoms with Crippen LogP contribution in [0.5, 0.6) is 0 Å². The van der Waals surface area contributed by atoms with Gasteiger partial charge in [-0.1, -0.05) is 6.92 Å². The molecule has 76 valence electrons. The monoisotopic (exact) mass is 186 g/mol. The number of ether oxygens (including phenoxy) is 1. The van der Waals surface area contributed by atoms with Crippen molar-refractivity contribution in [2.45, 2.75) is 44.9 Å². The highest BCUT2D eigenvalue weighted by Crippen LogP contribution is 2.22. The molecule has 4 heteroatoms. The van der Waals surface area contributed by atoms with Gasteiger partial charge in [-0.25, -0.2) is 0 Å². The second-order valence-corrected chi connectivity index (χ2v) is 3.34. The van der Waals surface area contributed by atoms with Gasteiger partial charge in [-0.3, -0.25) is 4.79 Å². The van der Waals surface area contributed by atoms with Crippen LogP contribution in [-0.2, 0) is 9.53 Å². The van der Waals surface area contributed by atoms with Crippen LogP contribution < -0.4 is 11.1 Å². The minimum absolute atomic E-state index is 0.0207. The summed E-state index contributed by atoms with van der Waals surface area (Å²) in [5.41, 5.74) is 5.75. The zero-order chi connectivity index (χ0) is 9.84. The fourth-order valence-corrected chi connectivity index (χ4v) is 1.52. The zero-order valence-electron chi connectivity index (χ0n) is 8.25. The van der Waals surface area contributed by atoms with Crippen LogP contribution >= 0.6 is 0 Å². The normalized spacial score (nSPS) is 32.4. The standard InChI is InChI=1S/C9H18N2O2/c1-3-8(12)11-9-6(10)5-7(9)13-4-2/h6-7,9H,3-5,10H2,1-2H3,(H,11,12). The minimum Gasteiger partial charge on any atom is -0.376 e. The smallest absolute Gasteiger partial charge is 0.220 e. The lowest BCUT2D eigenvalue weighted by atomic mass is 9.83. The molecule has 1 amide bonds. The molecular formula is C9H18N2O2. The summed E-state index contributed by atoms with van der Waals surface area (Å²) in [5, 5.41) is 2.86. The molecule has 0 spiro atoms. The molecule has 3 atom stereocenters. The van der Waals surface area contributed by atoms with Crippen LogP contribution in [0, 0.1) is 0 Å². The molecule has 0 radical (unpaired) electrons. The Morgan fingerprint density at radius 2 is 2.31 bits per heavy atom. The van der Waals surface area contributed by atoms with Crippen molar-refractivity contribution in [3.8, 4) is 0 Å². The molecule has 3 N–H and O–H groups in total. The first-order chi connectivity index (χ1) is 6.19. The molecule has 1 fully saturated rings. The van der Waals surface area contributed by atoms with E-state index in [9.17, 15) is 4.79 Å². The lowest BCUT2D eigenvalue weighted by molar-refractivity contribution is -0.125. The Bertz CT molecular complexity index is 182. The largest absolute Gasteiger partial charge is 0.376 e. The van der Waals surface area contributed by atoms with Crippen molar-refractivity contribution in [3.05, 3.63) is 0 Å². The van der Waals surface area contributed by atoms with E-state index in [1.165, 1.54) is 0 Å². The third kappa shape index (κ3) is 2.42. The van der Waals surface area contributed by atoms with Crippen LogP contribution in [0.15, 0.2) is 0 Å². The summed E-state index contributed by atoms with van der Waals surface area (Å²) in [5.74, 6) is 0.0462. The van der Waals surface area contributed by atoms with Crippen LogP contribution in [0.3, 0.4) is 0 Å². The van der Waals surface area contributed by atoms with Gasteiger partial charge in [0.25, 0.3) is 0 Å². The predicted molar refractivity (Wildman–Crippen MR) is 50.2 cm³/mol. The molecule has 4 nitrogen and oxygen atoms in total. The quantitative estimate of drug-likeness (QED) is 0.650. The van der Waals surface area contributed by atoms with Crippen LogP contribution in [-0.4, -0.2) is 30.7 Å². The summed E-state index contributed by atoms with van der Waals surface area (Å²) in [4.78, 5) is 11.1. The third-order valence-corrected chi connectivity index (χ3v) is 2.40. The summed E-state index contributed by atoms with van der Waals surface area (Å²) in [6, 6.07) is 0.0828. The maximum absolute atomic E-state index is 11.1. The highest BCUT2D eigenvalue weighted by Gasteiger charge is 2.39. The van der Waals surface area contributed by atoms with Crippen molar-refractivity contribution < 1.29 is 9.53 Å². The van der Waals surface area contributed by atoms with Gasteiger partial charge in [-0.2, -0.15) is 0 Å². The summed E-state index contributed by atoms with van der Waals surface area (Å²) in [7, 11) is 0. The molecule has 0 bridgehead atoms. The number of rotatable bonds is 4. The highest BCUT2D eigenvalue weighted by molar-refractivity contribution is 5.76. The van der Waals surface area contributed by atoms with Crippen molar-refractivity contribution >= 4 is 5.91 Å². The Labute approximate surface area is 78.8 Å². The molecule has 0 aliphatic heterocycles. The average Bonchev–Trinajstić information content (AvgIpc) is 2.13. The van der Waals surface area contributed by atoms with Crippen molar-refractivity contribution in [2.24, 2.45) is 5.73 Å². The van der Waals surface area contributed by atoms with Crippen LogP contribution in [0.2, 0.25) is 0 Å². The Morgan fingerprint density at radius 1 is 1.62 bits per heavy atom. The number of nitrogens with one attached hydrogen (secondary N) is 1. The summed E-state index contributed by atoms with van der Waals surface area (Å²) in [6.07, 6.45) is 1.47.